The average Bonchev–Trinajstić information content (AvgIpc) is 2.95. The number of rotatable bonds is 8. The molecule has 1 aromatic carbocycles. The van der Waals surface area contributed by atoms with E-state index in [2.05, 4.69) is 25.3 Å². The van der Waals surface area contributed by atoms with Crippen LogP contribution in [0.3, 0.4) is 0 Å². The van der Waals surface area contributed by atoms with E-state index in [1.54, 1.807) is 37.4 Å². The maximum absolute atomic E-state index is 12.5. The van der Waals surface area contributed by atoms with Gasteiger partial charge in [-0.05, 0) is 38.5 Å². The predicted molar refractivity (Wildman–Crippen MR) is 118 cm³/mol. The zero-order valence-electron chi connectivity index (χ0n) is 16.2. The van der Waals surface area contributed by atoms with Gasteiger partial charge in [0.1, 0.15) is 5.01 Å². The molecule has 10 heteroatoms. The van der Waals surface area contributed by atoms with Crippen molar-refractivity contribution in [1.82, 2.24) is 15.6 Å². The molecular weight excluding hydrogens is 501 g/mol. The van der Waals surface area contributed by atoms with E-state index in [1.165, 1.54) is 10.9 Å². The molecule has 6 nitrogen and oxygen atoms in total. The first-order chi connectivity index (χ1) is 12.9. The highest BCUT2D eigenvalue weighted by Crippen LogP contribution is 2.29. The lowest BCUT2D eigenvalue weighted by Gasteiger charge is -2.14. The van der Waals surface area contributed by atoms with E-state index >= 15 is 0 Å². The Labute approximate surface area is 184 Å². The first kappa shape index (κ1) is 24.3. The van der Waals surface area contributed by atoms with Crippen molar-refractivity contribution in [2.75, 3.05) is 13.7 Å². The molecule has 0 saturated carbocycles. The molecule has 2 rings (SSSR count). The van der Waals surface area contributed by atoms with Gasteiger partial charge in [-0.3, -0.25) is 4.99 Å². The van der Waals surface area contributed by atoms with Crippen molar-refractivity contribution in [3.05, 3.63) is 39.3 Å². The van der Waals surface area contributed by atoms with Gasteiger partial charge in [0, 0.05) is 18.5 Å². The number of guanidine groups is 1. The zero-order chi connectivity index (χ0) is 19.8. The molecule has 0 fully saturated rings. The van der Waals surface area contributed by atoms with Crippen LogP contribution in [0.2, 0.25) is 0 Å². The summed E-state index contributed by atoms with van der Waals surface area (Å²) in [5.41, 5.74) is 1.89. The van der Waals surface area contributed by atoms with Gasteiger partial charge in [0.25, 0.3) is 0 Å². The maximum atomic E-state index is 12.5. The molecule has 0 aliphatic heterocycles. The molecule has 0 bridgehead atoms. The molecular formula is C18H25F2IN4O2S. The van der Waals surface area contributed by atoms with E-state index in [0.29, 0.717) is 25.7 Å². The Bertz CT molecular complexity index is 767. The third-order valence-corrected chi connectivity index (χ3v) is 4.76. The fraction of sp³-hybridized carbons (Fsp3) is 0.444. The van der Waals surface area contributed by atoms with Gasteiger partial charge in [-0.25, -0.2) is 4.98 Å². The second-order valence-electron chi connectivity index (χ2n) is 5.62. The Morgan fingerprint density at radius 1 is 1.21 bits per heavy atom. The van der Waals surface area contributed by atoms with E-state index in [-0.39, 0.29) is 35.5 Å². The number of aromatic nitrogens is 1. The molecule has 156 valence electrons. The molecule has 0 radical (unpaired) electrons. The molecule has 0 aliphatic rings. The number of hydrogen-bond donors (Lipinski definition) is 2. The summed E-state index contributed by atoms with van der Waals surface area (Å²) >= 11 is 1.65. The van der Waals surface area contributed by atoms with E-state index in [0.717, 1.165) is 16.3 Å². The highest BCUT2D eigenvalue weighted by atomic mass is 127. The summed E-state index contributed by atoms with van der Waals surface area (Å²) < 4.78 is 34.8. The van der Waals surface area contributed by atoms with E-state index in [4.69, 9.17) is 4.74 Å². The quantitative estimate of drug-likeness (QED) is 0.306. The summed E-state index contributed by atoms with van der Waals surface area (Å²) in [4.78, 5) is 9.86. The normalized spacial score (nSPS) is 11.2. The molecule has 0 saturated heterocycles. The van der Waals surface area contributed by atoms with Crippen molar-refractivity contribution in [1.29, 1.82) is 0 Å². The second-order valence-corrected chi connectivity index (χ2v) is 6.91. The van der Waals surface area contributed by atoms with Crippen molar-refractivity contribution >= 4 is 41.3 Å². The highest BCUT2D eigenvalue weighted by Gasteiger charge is 2.12. The summed E-state index contributed by atoms with van der Waals surface area (Å²) in [5.74, 6) is 0.924. The number of ether oxygens (including phenoxy) is 2. The minimum Gasteiger partial charge on any atom is -0.490 e. The van der Waals surface area contributed by atoms with Crippen LogP contribution in [-0.4, -0.2) is 31.2 Å². The monoisotopic (exact) mass is 526 g/mol. The SMILES string of the molecule is CCOc1cc(CNC(=NC)NCc2nc(C)c(C)s2)ccc1OC(F)F.I. The molecule has 0 spiro atoms. The van der Waals surface area contributed by atoms with Gasteiger partial charge in [0.15, 0.2) is 17.5 Å². The number of nitrogens with zero attached hydrogens (tertiary/aromatic N) is 2. The molecule has 1 heterocycles. The number of alkyl halides is 2. The summed E-state index contributed by atoms with van der Waals surface area (Å²) in [5, 5.41) is 7.37. The van der Waals surface area contributed by atoms with Gasteiger partial charge in [-0.1, -0.05) is 6.07 Å². The number of benzene rings is 1. The zero-order valence-corrected chi connectivity index (χ0v) is 19.4. The summed E-state index contributed by atoms with van der Waals surface area (Å²) in [6, 6.07) is 4.86. The summed E-state index contributed by atoms with van der Waals surface area (Å²) in [6.45, 7) is 4.29. The lowest BCUT2D eigenvalue weighted by molar-refractivity contribution is -0.0514. The third kappa shape index (κ3) is 7.38. The molecule has 0 amide bonds. The second kappa shape index (κ2) is 12.0. The van der Waals surface area contributed by atoms with E-state index < -0.39 is 6.61 Å². The molecule has 0 atom stereocenters. The van der Waals surface area contributed by atoms with Crippen LogP contribution in [0.1, 0.15) is 28.1 Å². The lowest BCUT2D eigenvalue weighted by atomic mass is 10.2. The molecule has 2 aromatic rings. The first-order valence-electron chi connectivity index (χ1n) is 8.50. The minimum absolute atomic E-state index is 0. The number of halogens is 3. The molecule has 1 aromatic heterocycles. The highest BCUT2D eigenvalue weighted by molar-refractivity contribution is 14.0. The smallest absolute Gasteiger partial charge is 0.387 e. The Kier molecular flexibility index (Phi) is 10.4. The van der Waals surface area contributed by atoms with Crippen molar-refractivity contribution in [3.8, 4) is 11.5 Å². The van der Waals surface area contributed by atoms with Gasteiger partial charge >= 0.3 is 6.61 Å². The van der Waals surface area contributed by atoms with Crippen LogP contribution in [-0.2, 0) is 13.1 Å². The van der Waals surface area contributed by atoms with E-state index in [9.17, 15) is 8.78 Å². The maximum Gasteiger partial charge on any atom is 0.387 e. The van der Waals surface area contributed by atoms with Gasteiger partial charge in [-0.15, -0.1) is 35.3 Å². The number of aliphatic imine (C=N–C) groups is 1. The topological polar surface area (TPSA) is 67.8 Å². The fourth-order valence-corrected chi connectivity index (χ4v) is 3.18. The van der Waals surface area contributed by atoms with Crippen molar-refractivity contribution < 1.29 is 18.3 Å². The largest absolute Gasteiger partial charge is 0.490 e. The molecule has 0 unspecified atom stereocenters. The van der Waals surface area contributed by atoms with Crippen molar-refractivity contribution in [2.45, 2.75) is 40.5 Å². The van der Waals surface area contributed by atoms with Crippen LogP contribution in [0.4, 0.5) is 8.78 Å². The van der Waals surface area contributed by atoms with Crippen LogP contribution in [0.25, 0.3) is 0 Å². The van der Waals surface area contributed by atoms with Crippen molar-refractivity contribution in [2.24, 2.45) is 4.99 Å². The van der Waals surface area contributed by atoms with Crippen LogP contribution < -0.4 is 20.1 Å². The van der Waals surface area contributed by atoms with E-state index in [1.807, 2.05) is 13.8 Å². The Hall–Kier alpha value is -1.69. The Morgan fingerprint density at radius 3 is 2.50 bits per heavy atom. The molecule has 28 heavy (non-hydrogen) atoms. The third-order valence-electron chi connectivity index (χ3n) is 3.69. The van der Waals surface area contributed by atoms with Crippen LogP contribution in [0.15, 0.2) is 23.2 Å². The Balaban J connectivity index is 0.00000392. The Morgan fingerprint density at radius 2 is 1.93 bits per heavy atom. The standard InChI is InChI=1S/C18H24F2N4O2S.HI/c1-5-25-15-8-13(6-7-14(15)26-17(19)20)9-22-18(21-4)23-10-16-24-11(2)12(3)27-16;/h6-8,17H,5,9-10H2,1-4H3,(H2,21,22,23);1H. The number of aryl methyl sites for hydroxylation is 2. The lowest BCUT2D eigenvalue weighted by Crippen LogP contribution is -2.36. The minimum atomic E-state index is -2.89. The molecule has 0 aliphatic carbocycles. The average molecular weight is 526 g/mol. The van der Waals surface area contributed by atoms with Gasteiger partial charge in [0.2, 0.25) is 0 Å². The van der Waals surface area contributed by atoms with Gasteiger partial charge in [0.05, 0.1) is 18.8 Å². The van der Waals surface area contributed by atoms with Crippen LogP contribution in [0, 0.1) is 13.8 Å². The van der Waals surface area contributed by atoms with Crippen LogP contribution in [0.5, 0.6) is 11.5 Å². The summed E-state index contributed by atoms with van der Waals surface area (Å²) in [6.07, 6.45) is 0. The number of nitrogens with one attached hydrogen (secondary N) is 2. The van der Waals surface area contributed by atoms with Crippen molar-refractivity contribution in [3.63, 3.8) is 0 Å². The first-order valence-corrected chi connectivity index (χ1v) is 9.32. The fourth-order valence-electron chi connectivity index (χ4n) is 2.30. The predicted octanol–water partition coefficient (Wildman–Crippen LogP) is 4.24. The number of hydrogen-bond acceptors (Lipinski definition) is 5. The summed E-state index contributed by atoms with van der Waals surface area (Å²) in [7, 11) is 1.68. The van der Waals surface area contributed by atoms with Gasteiger partial charge in [-0.2, -0.15) is 8.78 Å². The number of thiazole rings is 1. The van der Waals surface area contributed by atoms with Gasteiger partial charge < -0.3 is 20.1 Å². The van der Waals surface area contributed by atoms with Crippen LogP contribution >= 0.6 is 35.3 Å². The molecule has 2 N–H and O–H groups in total.